The van der Waals surface area contributed by atoms with Crippen molar-refractivity contribution in [3.8, 4) is 11.5 Å². The van der Waals surface area contributed by atoms with Crippen molar-refractivity contribution in [1.29, 1.82) is 0 Å². The lowest BCUT2D eigenvalue weighted by Gasteiger charge is -2.25. The molecule has 24 heavy (non-hydrogen) atoms. The highest BCUT2D eigenvalue weighted by atomic mass is 32.3. The molecule has 0 saturated carbocycles. The van der Waals surface area contributed by atoms with Gasteiger partial charge in [-0.2, -0.15) is 16.8 Å². The monoisotopic (exact) mass is 385 g/mol. The second-order valence-electron chi connectivity index (χ2n) is 5.91. The highest BCUT2D eigenvalue weighted by molar-refractivity contribution is 7.81. The third kappa shape index (κ3) is 8.42. The van der Waals surface area contributed by atoms with Crippen LogP contribution in [0.3, 0.4) is 0 Å². The van der Waals surface area contributed by atoms with Crippen LogP contribution in [0.15, 0.2) is 18.2 Å². The molecule has 0 radical (unpaired) electrons. The molecule has 138 valence electrons. The lowest BCUT2D eigenvalue weighted by atomic mass is 10.1. The van der Waals surface area contributed by atoms with Crippen LogP contribution in [0.2, 0.25) is 0 Å². The maximum absolute atomic E-state index is 11.0. The van der Waals surface area contributed by atoms with Gasteiger partial charge in [-0.05, 0) is 38.5 Å². The summed E-state index contributed by atoms with van der Waals surface area (Å²) in [6.45, 7) is 5.30. The van der Waals surface area contributed by atoms with Gasteiger partial charge >= 0.3 is 20.8 Å². The van der Waals surface area contributed by atoms with E-state index in [1.54, 1.807) is 20.8 Å². The highest BCUT2D eigenvalue weighted by Crippen LogP contribution is 2.29. The standard InChI is InChI=1S/C12H19NO9S2/c1-12(2,3)13-7-11(22-24(18,19)20)8-4-9(14)6-10(5-8)21-23(15,16)17/h4-6,11,13-14H,7H2,1-3H3,(H,15,16,17)(H,18,19,20). The predicted molar refractivity (Wildman–Crippen MR) is 83.4 cm³/mol. The molecule has 0 spiro atoms. The summed E-state index contributed by atoms with van der Waals surface area (Å²) in [6, 6.07) is 3.02. The molecule has 1 aromatic carbocycles. The van der Waals surface area contributed by atoms with Crippen LogP contribution in [0.4, 0.5) is 0 Å². The zero-order valence-corrected chi connectivity index (χ0v) is 14.8. The smallest absolute Gasteiger partial charge is 0.446 e. The number of phenolic OH excluding ortho intramolecular Hbond substituents is 1. The summed E-state index contributed by atoms with van der Waals surface area (Å²) in [5.74, 6) is -0.932. The molecule has 0 amide bonds. The van der Waals surface area contributed by atoms with Crippen LogP contribution in [0.25, 0.3) is 0 Å². The van der Waals surface area contributed by atoms with Gasteiger partial charge in [0.2, 0.25) is 0 Å². The molecule has 0 aliphatic carbocycles. The van der Waals surface area contributed by atoms with Crippen LogP contribution < -0.4 is 9.50 Å². The molecule has 1 rings (SSSR count). The Morgan fingerprint density at radius 1 is 1.08 bits per heavy atom. The van der Waals surface area contributed by atoms with Gasteiger partial charge in [0, 0.05) is 18.2 Å². The van der Waals surface area contributed by atoms with Crippen LogP contribution in [0.1, 0.15) is 32.4 Å². The van der Waals surface area contributed by atoms with Crippen molar-refractivity contribution >= 4 is 20.8 Å². The molecule has 12 heteroatoms. The SMILES string of the molecule is CC(C)(C)NCC(OS(=O)(=O)O)c1cc(O)cc(OS(=O)(=O)O)c1. The Hall–Kier alpha value is -1.44. The molecule has 1 atom stereocenters. The third-order valence-corrected chi connectivity index (χ3v) is 3.42. The van der Waals surface area contributed by atoms with Gasteiger partial charge in [0.1, 0.15) is 17.6 Å². The van der Waals surface area contributed by atoms with Crippen LogP contribution in [-0.4, -0.2) is 43.1 Å². The normalized spacial score (nSPS) is 14.4. The second-order valence-corrected chi connectivity index (χ2v) is 7.98. The number of hydrogen-bond donors (Lipinski definition) is 4. The minimum absolute atomic E-state index is 0.0111. The Morgan fingerprint density at radius 3 is 2.12 bits per heavy atom. The maximum atomic E-state index is 11.0. The Morgan fingerprint density at radius 2 is 1.67 bits per heavy atom. The Bertz CT molecular complexity index is 781. The molecule has 1 unspecified atom stereocenters. The minimum atomic E-state index is -4.84. The maximum Gasteiger partial charge on any atom is 0.446 e. The van der Waals surface area contributed by atoms with Crippen molar-refractivity contribution in [3.63, 3.8) is 0 Å². The van der Waals surface area contributed by atoms with E-state index >= 15 is 0 Å². The molecule has 10 nitrogen and oxygen atoms in total. The van der Waals surface area contributed by atoms with Crippen molar-refractivity contribution in [2.45, 2.75) is 32.4 Å². The van der Waals surface area contributed by atoms with Gasteiger partial charge < -0.3 is 14.6 Å². The Kier molecular flexibility index (Phi) is 6.19. The molecule has 0 aliphatic heterocycles. The minimum Gasteiger partial charge on any atom is -0.508 e. The second kappa shape index (κ2) is 7.21. The molecule has 0 aromatic heterocycles. The third-order valence-electron chi connectivity index (χ3n) is 2.54. The van der Waals surface area contributed by atoms with Gasteiger partial charge in [-0.15, -0.1) is 0 Å². The molecular formula is C12H19NO9S2. The van der Waals surface area contributed by atoms with E-state index in [0.29, 0.717) is 0 Å². The molecule has 1 aromatic rings. The van der Waals surface area contributed by atoms with Crippen molar-refractivity contribution in [1.82, 2.24) is 5.32 Å². The summed E-state index contributed by atoms with van der Waals surface area (Å²) in [5, 5.41) is 12.6. The van der Waals surface area contributed by atoms with E-state index in [1.807, 2.05) is 0 Å². The molecule has 0 aliphatic rings. The lowest BCUT2D eigenvalue weighted by Crippen LogP contribution is -2.39. The fourth-order valence-corrected chi connectivity index (χ4v) is 2.53. The first-order chi connectivity index (χ1) is 10.6. The molecule has 0 bridgehead atoms. The van der Waals surface area contributed by atoms with E-state index in [0.717, 1.165) is 18.2 Å². The Balaban J connectivity index is 3.20. The first-order valence-electron chi connectivity index (χ1n) is 6.56. The Labute approximate surface area is 140 Å². The number of benzene rings is 1. The van der Waals surface area contributed by atoms with E-state index in [9.17, 15) is 21.9 Å². The van der Waals surface area contributed by atoms with Crippen molar-refractivity contribution in [2.24, 2.45) is 0 Å². The average Bonchev–Trinajstić information content (AvgIpc) is 2.28. The van der Waals surface area contributed by atoms with Crippen LogP contribution >= 0.6 is 0 Å². The fraction of sp³-hybridized carbons (Fsp3) is 0.500. The van der Waals surface area contributed by atoms with Gasteiger partial charge in [0.05, 0.1) is 0 Å². The van der Waals surface area contributed by atoms with Gasteiger partial charge in [-0.1, -0.05) is 0 Å². The number of hydrogen-bond acceptors (Lipinski definition) is 8. The molecule has 0 saturated heterocycles. The number of aromatic hydroxyl groups is 1. The van der Waals surface area contributed by atoms with Gasteiger partial charge in [-0.25, -0.2) is 4.18 Å². The van der Waals surface area contributed by atoms with Gasteiger partial charge in [0.15, 0.2) is 0 Å². The van der Waals surface area contributed by atoms with Crippen LogP contribution in [0, 0.1) is 0 Å². The van der Waals surface area contributed by atoms with E-state index < -0.39 is 43.9 Å². The summed E-state index contributed by atoms with van der Waals surface area (Å²) in [5.41, 5.74) is -0.436. The number of nitrogens with one attached hydrogen (secondary N) is 1. The quantitative estimate of drug-likeness (QED) is 0.495. The van der Waals surface area contributed by atoms with E-state index in [1.165, 1.54) is 0 Å². The zero-order chi connectivity index (χ0) is 18.8. The summed E-state index contributed by atoms with van der Waals surface area (Å²) < 4.78 is 69.9. The van der Waals surface area contributed by atoms with Gasteiger partial charge in [0.25, 0.3) is 0 Å². The van der Waals surface area contributed by atoms with Crippen molar-refractivity contribution < 1.29 is 39.4 Å². The zero-order valence-electron chi connectivity index (χ0n) is 13.1. The molecule has 4 N–H and O–H groups in total. The molecule has 0 heterocycles. The summed E-state index contributed by atoms with van der Waals surface area (Å²) in [6.07, 6.45) is -1.30. The summed E-state index contributed by atoms with van der Waals surface area (Å²) in [4.78, 5) is 0. The van der Waals surface area contributed by atoms with Crippen molar-refractivity contribution in [2.75, 3.05) is 6.54 Å². The van der Waals surface area contributed by atoms with Crippen LogP contribution in [-0.2, 0) is 25.0 Å². The topological polar surface area (TPSA) is 159 Å². The summed E-state index contributed by atoms with van der Waals surface area (Å²) in [7, 11) is -9.67. The van der Waals surface area contributed by atoms with E-state index in [-0.39, 0.29) is 12.1 Å². The average molecular weight is 385 g/mol. The first kappa shape index (κ1) is 20.6. The molecular weight excluding hydrogens is 366 g/mol. The van der Waals surface area contributed by atoms with E-state index in [4.69, 9.17) is 9.11 Å². The summed E-state index contributed by atoms with van der Waals surface area (Å²) >= 11 is 0. The predicted octanol–water partition coefficient (Wildman–Crippen LogP) is 0.822. The fourth-order valence-electron chi connectivity index (χ4n) is 1.71. The number of rotatable bonds is 7. The van der Waals surface area contributed by atoms with Crippen molar-refractivity contribution in [3.05, 3.63) is 23.8 Å². The number of phenols is 1. The highest BCUT2D eigenvalue weighted by Gasteiger charge is 2.23. The molecule has 0 fully saturated rings. The van der Waals surface area contributed by atoms with E-state index in [2.05, 4.69) is 13.7 Å². The lowest BCUT2D eigenvalue weighted by molar-refractivity contribution is 0.170. The van der Waals surface area contributed by atoms with Gasteiger partial charge in [-0.3, -0.25) is 9.11 Å². The van der Waals surface area contributed by atoms with Crippen LogP contribution in [0.5, 0.6) is 11.5 Å². The largest absolute Gasteiger partial charge is 0.508 e. The first-order valence-corrected chi connectivity index (χ1v) is 9.29.